The van der Waals surface area contributed by atoms with E-state index in [1.165, 1.54) is 0 Å². The number of ether oxygens (including phenoxy) is 1. The van der Waals surface area contributed by atoms with Crippen LogP contribution < -0.4 is 10.6 Å². The van der Waals surface area contributed by atoms with E-state index in [-0.39, 0.29) is 11.9 Å². The van der Waals surface area contributed by atoms with E-state index in [0.29, 0.717) is 6.42 Å². The Morgan fingerprint density at radius 3 is 2.23 bits per heavy atom. The van der Waals surface area contributed by atoms with Crippen LogP contribution in [0.1, 0.15) is 44.9 Å². The molecule has 31 heavy (non-hydrogen) atoms. The van der Waals surface area contributed by atoms with Crippen molar-refractivity contribution in [3.8, 4) is 0 Å². The normalized spacial score (nSPS) is 13.3. The smallest absolute Gasteiger partial charge is 0.408 e. The highest BCUT2D eigenvalue weighted by Gasteiger charge is 2.26. The van der Waals surface area contributed by atoms with Crippen LogP contribution in [0.25, 0.3) is 10.8 Å². The summed E-state index contributed by atoms with van der Waals surface area (Å²) < 4.78 is 5.37. The summed E-state index contributed by atoms with van der Waals surface area (Å²) in [7, 11) is 0. The van der Waals surface area contributed by atoms with E-state index in [1.807, 2.05) is 67.6 Å². The van der Waals surface area contributed by atoms with Crippen LogP contribution in [0.5, 0.6) is 0 Å². The number of carbonyl (C=O) groups excluding carboxylic acids is 2. The molecule has 0 saturated heterocycles. The number of alkyl carbamates (subject to hydrolysis) is 1. The zero-order valence-electron chi connectivity index (χ0n) is 18.5. The quantitative estimate of drug-likeness (QED) is 0.581. The van der Waals surface area contributed by atoms with Crippen LogP contribution in [0, 0.1) is 0 Å². The van der Waals surface area contributed by atoms with Crippen LogP contribution in [0.4, 0.5) is 4.79 Å². The molecule has 0 bridgehead atoms. The van der Waals surface area contributed by atoms with Gasteiger partial charge in [0, 0.05) is 6.42 Å². The average molecular weight is 419 g/mol. The highest BCUT2D eigenvalue weighted by atomic mass is 16.6. The predicted octanol–water partition coefficient (Wildman–Crippen LogP) is 5.15. The fourth-order valence-corrected chi connectivity index (χ4v) is 3.53. The molecule has 0 aliphatic heterocycles. The van der Waals surface area contributed by atoms with Crippen LogP contribution in [-0.2, 0) is 16.0 Å². The topological polar surface area (TPSA) is 67.4 Å². The van der Waals surface area contributed by atoms with E-state index < -0.39 is 17.7 Å². The maximum atomic E-state index is 13.2. The van der Waals surface area contributed by atoms with Gasteiger partial charge in [-0.25, -0.2) is 4.79 Å². The van der Waals surface area contributed by atoms with E-state index in [2.05, 4.69) is 22.8 Å². The van der Waals surface area contributed by atoms with Crippen LogP contribution >= 0.6 is 0 Å². The number of fused-ring (bicyclic) bond motifs is 1. The first-order chi connectivity index (χ1) is 14.7. The van der Waals surface area contributed by atoms with Gasteiger partial charge in [-0.2, -0.15) is 0 Å². The Balaban J connectivity index is 1.78. The van der Waals surface area contributed by atoms with Crippen molar-refractivity contribution < 1.29 is 14.3 Å². The summed E-state index contributed by atoms with van der Waals surface area (Å²) in [4.78, 5) is 25.6. The molecule has 2 atom stereocenters. The van der Waals surface area contributed by atoms with Crippen molar-refractivity contribution in [2.45, 2.75) is 51.8 Å². The number of nitrogens with one attached hydrogen (secondary N) is 2. The third-order valence-electron chi connectivity index (χ3n) is 4.94. The second kappa shape index (κ2) is 9.65. The maximum absolute atomic E-state index is 13.2. The summed E-state index contributed by atoms with van der Waals surface area (Å²) in [6.45, 7) is 7.33. The summed E-state index contributed by atoms with van der Waals surface area (Å²) in [6.07, 6.45) is -0.241. The van der Waals surface area contributed by atoms with Gasteiger partial charge in [-0.15, -0.1) is 0 Å². The van der Waals surface area contributed by atoms with Crippen molar-refractivity contribution in [1.82, 2.24) is 10.6 Å². The second-order valence-corrected chi connectivity index (χ2v) is 8.69. The third kappa shape index (κ3) is 6.32. The molecule has 0 heterocycles. The molecule has 3 aromatic rings. The number of hydrogen-bond donors (Lipinski definition) is 2. The summed E-state index contributed by atoms with van der Waals surface area (Å²) in [5.41, 5.74) is 1.34. The lowest BCUT2D eigenvalue weighted by molar-refractivity contribution is -0.123. The lowest BCUT2D eigenvalue weighted by Crippen LogP contribution is -2.49. The molecule has 5 heteroatoms. The monoisotopic (exact) mass is 418 g/mol. The Morgan fingerprint density at radius 1 is 0.871 bits per heavy atom. The molecule has 0 aromatic heterocycles. The van der Waals surface area contributed by atoms with Crippen LogP contribution in [-0.4, -0.2) is 23.6 Å². The molecule has 2 amide bonds. The van der Waals surface area contributed by atoms with Gasteiger partial charge in [-0.1, -0.05) is 72.8 Å². The molecule has 5 nitrogen and oxygen atoms in total. The molecule has 2 N–H and O–H groups in total. The maximum Gasteiger partial charge on any atom is 0.408 e. The minimum Gasteiger partial charge on any atom is -0.444 e. The Kier molecular flexibility index (Phi) is 6.95. The minimum atomic E-state index is -0.755. The highest BCUT2D eigenvalue weighted by molar-refractivity contribution is 5.89. The van der Waals surface area contributed by atoms with Gasteiger partial charge in [0.1, 0.15) is 11.6 Å². The zero-order valence-corrected chi connectivity index (χ0v) is 18.5. The van der Waals surface area contributed by atoms with E-state index in [9.17, 15) is 9.59 Å². The van der Waals surface area contributed by atoms with E-state index in [1.54, 1.807) is 20.8 Å². The molecular formula is C26H30N2O3. The molecule has 0 radical (unpaired) electrons. The lowest BCUT2D eigenvalue weighted by atomic mass is 9.99. The van der Waals surface area contributed by atoms with Gasteiger partial charge in [-0.3, -0.25) is 4.79 Å². The molecule has 0 fully saturated rings. The zero-order chi connectivity index (χ0) is 22.4. The largest absolute Gasteiger partial charge is 0.444 e. The number of amides is 2. The first kappa shape index (κ1) is 22.3. The molecule has 0 aliphatic carbocycles. The van der Waals surface area contributed by atoms with Crippen LogP contribution in [0.15, 0.2) is 72.8 Å². The average Bonchev–Trinajstić information content (AvgIpc) is 2.72. The summed E-state index contributed by atoms with van der Waals surface area (Å²) >= 11 is 0. The van der Waals surface area contributed by atoms with Gasteiger partial charge in [0.15, 0.2) is 0 Å². The number of hydrogen-bond acceptors (Lipinski definition) is 3. The molecule has 0 unspecified atom stereocenters. The van der Waals surface area contributed by atoms with Gasteiger partial charge < -0.3 is 15.4 Å². The first-order valence-electron chi connectivity index (χ1n) is 10.5. The van der Waals surface area contributed by atoms with Crippen molar-refractivity contribution in [3.63, 3.8) is 0 Å². The van der Waals surface area contributed by atoms with Crippen molar-refractivity contribution >= 4 is 22.8 Å². The van der Waals surface area contributed by atoms with Gasteiger partial charge in [0.05, 0.1) is 6.04 Å². The molecule has 162 valence electrons. The number of carbonyl (C=O) groups is 2. The van der Waals surface area contributed by atoms with E-state index in [0.717, 1.165) is 21.9 Å². The molecule has 0 aliphatic rings. The molecule has 0 spiro atoms. The van der Waals surface area contributed by atoms with Crippen molar-refractivity contribution in [1.29, 1.82) is 0 Å². The lowest BCUT2D eigenvalue weighted by Gasteiger charge is -2.25. The van der Waals surface area contributed by atoms with Crippen LogP contribution in [0.3, 0.4) is 0 Å². The molecule has 3 rings (SSSR count). The summed E-state index contributed by atoms with van der Waals surface area (Å²) in [5, 5.41) is 8.02. The minimum absolute atomic E-state index is 0.225. The van der Waals surface area contributed by atoms with E-state index in [4.69, 9.17) is 4.74 Å². The Morgan fingerprint density at radius 2 is 1.52 bits per heavy atom. The van der Waals surface area contributed by atoms with E-state index >= 15 is 0 Å². The SMILES string of the molecule is C[C@@H](NC(=O)[C@@H](Cc1ccccc1)NC(=O)OC(C)(C)C)c1cccc2ccccc12. The van der Waals surface area contributed by atoms with Crippen molar-refractivity contribution in [3.05, 3.63) is 83.9 Å². The van der Waals surface area contributed by atoms with Gasteiger partial charge in [-0.05, 0) is 49.6 Å². The fraction of sp³-hybridized carbons (Fsp3) is 0.308. The van der Waals surface area contributed by atoms with Gasteiger partial charge >= 0.3 is 6.09 Å². The Bertz CT molecular complexity index is 1040. The van der Waals surface area contributed by atoms with Crippen LogP contribution in [0.2, 0.25) is 0 Å². The first-order valence-corrected chi connectivity index (χ1v) is 10.5. The third-order valence-corrected chi connectivity index (χ3v) is 4.94. The number of rotatable bonds is 6. The van der Waals surface area contributed by atoms with Crippen molar-refractivity contribution in [2.75, 3.05) is 0 Å². The second-order valence-electron chi connectivity index (χ2n) is 8.69. The highest BCUT2D eigenvalue weighted by Crippen LogP contribution is 2.24. The number of benzene rings is 3. The molecular weight excluding hydrogens is 388 g/mol. The fourth-order valence-electron chi connectivity index (χ4n) is 3.53. The predicted molar refractivity (Wildman–Crippen MR) is 124 cm³/mol. The Hall–Kier alpha value is -3.34. The summed E-state index contributed by atoms with van der Waals surface area (Å²) in [5.74, 6) is -0.254. The van der Waals surface area contributed by atoms with Gasteiger partial charge in [0.25, 0.3) is 0 Å². The molecule has 0 saturated carbocycles. The summed E-state index contributed by atoms with van der Waals surface area (Å²) in [6, 6.07) is 22.8. The molecule has 3 aromatic carbocycles. The standard InChI is InChI=1S/C26H30N2O3/c1-18(21-16-10-14-20-13-8-9-15-22(20)21)27-24(29)23(17-19-11-6-5-7-12-19)28-25(30)31-26(2,3)4/h5-16,18,23H,17H2,1-4H3,(H,27,29)(H,28,30)/t18-,23-/m1/s1. The Labute approximate surface area is 183 Å². The van der Waals surface area contributed by atoms with Crippen molar-refractivity contribution in [2.24, 2.45) is 0 Å². The van der Waals surface area contributed by atoms with Gasteiger partial charge in [0.2, 0.25) is 5.91 Å².